The fourth-order valence-corrected chi connectivity index (χ4v) is 1.98. The normalized spacial score (nSPS) is 11.0. The minimum Gasteiger partial charge on any atom is -0.322 e. The lowest BCUT2D eigenvalue weighted by Crippen LogP contribution is -2.15. The number of rotatable bonds is 4. The van der Waals surface area contributed by atoms with Gasteiger partial charge in [-0.1, -0.05) is 23.7 Å². The van der Waals surface area contributed by atoms with Crippen LogP contribution in [0.4, 0.5) is 5.69 Å². The summed E-state index contributed by atoms with van der Waals surface area (Å²) in [4.78, 5) is 23.1. The van der Waals surface area contributed by atoms with Crippen molar-refractivity contribution in [3.05, 3.63) is 64.7 Å². The zero-order valence-corrected chi connectivity index (χ0v) is 13.5. The maximum absolute atomic E-state index is 12.2. The third-order valence-electron chi connectivity index (χ3n) is 3.03. The quantitative estimate of drug-likeness (QED) is 0.666. The van der Waals surface area contributed by atoms with Crippen LogP contribution in [0.3, 0.4) is 0 Å². The molecule has 0 bridgehead atoms. The van der Waals surface area contributed by atoms with Crippen LogP contribution in [0, 0.1) is 0 Å². The van der Waals surface area contributed by atoms with E-state index >= 15 is 0 Å². The first-order chi connectivity index (χ1) is 11.0. The molecule has 2 N–H and O–H groups in total. The fraction of sp³-hybridized carbons (Fsp3) is 0.118. The van der Waals surface area contributed by atoms with E-state index < -0.39 is 0 Å². The number of carbonyl (C=O) groups is 2. The molecule has 0 heterocycles. The lowest BCUT2D eigenvalue weighted by molar-refractivity contribution is -0.118. The van der Waals surface area contributed by atoms with E-state index in [4.69, 9.17) is 11.6 Å². The summed E-state index contributed by atoms with van der Waals surface area (Å²) >= 11 is 5.81. The minimum atomic E-state index is -0.239. The van der Waals surface area contributed by atoms with Crippen LogP contribution in [0.5, 0.6) is 0 Å². The van der Waals surface area contributed by atoms with Gasteiger partial charge in [0.25, 0.3) is 5.91 Å². The Bertz CT molecular complexity index is 755. The Kier molecular flexibility index (Phi) is 5.49. The predicted molar refractivity (Wildman–Crippen MR) is 91.9 cm³/mol. The first-order valence-electron chi connectivity index (χ1n) is 6.94. The minimum absolute atomic E-state index is 0.227. The highest BCUT2D eigenvalue weighted by Gasteiger charge is 2.07. The van der Waals surface area contributed by atoms with Crippen LogP contribution in [0.2, 0.25) is 5.02 Å². The second-order valence-electron chi connectivity index (χ2n) is 4.91. The van der Waals surface area contributed by atoms with Crippen molar-refractivity contribution in [2.75, 3.05) is 5.32 Å². The Morgan fingerprint density at radius 1 is 1.00 bits per heavy atom. The number of hydrogen-bond donors (Lipinski definition) is 2. The largest absolute Gasteiger partial charge is 0.322 e. The second kappa shape index (κ2) is 7.56. The molecule has 118 valence electrons. The van der Waals surface area contributed by atoms with Crippen molar-refractivity contribution < 1.29 is 9.59 Å². The van der Waals surface area contributed by atoms with Gasteiger partial charge in [-0.2, -0.15) is 5.10 Å². The number of anilines is 1. The average molecular weight is 330 g/mol. The number of carbonyl (C=O) groups excluding carboxylic acids is 2. The van der Waals surface area contributed by atoms with Crippen molar-refractivity contribution in [1.82, 2.24) is 5.43 Å². The molecule has 2 rings (SSSR count). The number of hydrogen-bond acceptors (Lipinski definition) is 3. The Balaban J connectivity index is 2.13. The van der Waals surface area contributed by atoms with Crippen molar-refractivity contribution in [3.63, 3.8) is 0 Å². The van der Waals surface area contributed by atoms with Gasteiger partial charge in [0.15, 0.2) is 0 Å². The SMILES string of the molecule is CC(=O)NN=C(C)c1cccc(NC(=O)c2ccc(Cl)cc2)c1. The lowest BCUT2D eigenvalue weighted by atomic mass is 10.1. The number of halogens is 1. The molecule has 0 aliphatic carbocycles. The van der Waals surface area contributed by atoms with Crippen LogP contribution in [-0.2, 0) is 4.79 Å². The van der Waals surface area contributed by atoms with E-state index in [0.717, 1.165) is 5.56 Å². The fourth-order valence-electron chi connectivity index (χ4n) is 1.85. The maximum Gasteiger partial charge on any atom is 0.255 e. The zero-order chi connectivity index (χ0) is 16.8. The van der Waals surface area contributed by atoms with Crippen molar-refractivity contribution >= 4 is 34.8 Å². The van der Waals surface area contributed by atoms with E-state index in [1.807, 2.05) is 6.07 Å². The monoisotopic (exact) mass is 329 g/mol. The van der Waals surface area contributed by atoms with Gasteiger partial charge in [0, 0.05) is 23.2 Å². The summed E-state index contributed by atoms with van der Waals surface area (Å²) in [5.41, 5.74) is 4.98. The molecule has 5 nitrogen and oxygen atoms in total. The molecule has 0 aliphatic heterocycles. The van der Waals surface area contributed by atoms with E-state index in [-0.39, 0.29) is 11.8 Å². The average Bonchev–Trinajstić information content (AvgIpc) is 2.53. The highest BCUT2D eigenvalue weighted by Crippen LogP contribution is 2.14. The van der Waals surface area contributed by atoms with Crippen LogP contribution in [-0.4, -0.2) is 17.5 Å². The molecule has 23 heavy (non-hydrogen) atoms. The van der Waals surface area contributed by atoms with Gasteiger partial charge in [-0.25, -0.2) is 5.43 Å². The topological polar surface area (TPSA) is 70.6 Å². The summed E-state index contributed by atoms with van der Waals surface area (Å²) in [6.07, 6.45) is 0. The van der Waals surface area contributed by atoms with Gasteiger partial charge in [0.1, 0.15) is 0 Å². The smallest absolute Gasteiger partial charge is 0.255 e. The summed E-state index contributed by atoms with van der Waals surface area (Å²) in [5.74, 6) is -0.466. The summed E-state index contributed by atoms with van der Waals surface area (Å²) in [6, 6.07) is 13.9. The zero-order valence-electron chi connectivity index (χ0n) is 12.8. The summed E-state index contributed by atoms with van der Waals surface area (Å²) in [5, 5.41) is 7.36. The van der Waals surface area contributed by atoms with Gasteiger partial charge in [0.05, 0.1) is 5.71 Å². The lowest BCUT2D eigenvalue weighted by Gasteiger charge is -2.08. The van der Waals surface area contributed by atoms with E-state index in [9.17, 15) is 9.59 Å². The van der Waals surface area contributed by atoms with Gasteiger partial charge < -0.3 is 5.32 Å². The van der Waals surface area contributed by atoms with E-state index in [0.29, 0.717) is 22.0 Å². The van der Waals surface area contributed by atoms with Gasteiger partial charge >= 0.3 is 0 Å². The molecule has 0 aromatic heterocycles. The number of nitrogens with zero attached hydrogens (tertiary/aromatic N) is 1. The molecule has 0 saturated heterocycles. The predicted octanol–water partition coefficient (Wildman–Crippen LogP) is 3.45. The molecule has 6 heteroatoms. The van der Waals surface area contributed by atoms with Crippen LogP contribution in [0.15, 0.2) is 53.6 Å². The molecule has 0 saturated carbocycles. The van der Waals surface area contributed by atoms with Crippen molar-refractivity contribution in [1.29, 1.82) is 0 Å². The first kappa shape index (κ1) is 16.7. The summed E-state index contributed by atoms with van der Waals surface area (Å²) in [7, 11) is 0. The van der Waals surface area contributed by atoms with Gasteiger partial charge in [-0.15, -0.1) is 0 Å². The van der Waals surface area contributed by atoms with Crippen LogP contribution in [0.1, 0.15) is 29.8 Å². The molecule has 2 aromatic carbocycles. The molecular weight excluding hydrogens is 314 g/mol. The number of hydrazone groups is 1. The number of nitrogens with one attached hydrogen (secondary N) is 2. The Morgan fingerprint density at radius 2 is 1.70 bits per heavy atom. The van der Waals surface area contributed by atoms with Crippen LogP contribution in [0.25, 0.3) is 0 Å². The molecule has 2 aromatic rings. The molecule has 2 amide bonds. The molecule has 0 aliphatic rings. The number of amides is 2. The second-order valence-corrected chi connectivity index (χ2v) is 5.34. The molecule has 0 fully saturated rings. The van der Waals surface area contributed by atoms with Gasteiger partial charge in [0.2, 0.25) is 5.91 Å². The maximum atomic E-state index is 12.2. The third-order valence-corrected chi connectivity index (χ3v) is 3.28. The molecule has 0 spiro atoms. The standard InChI is InChI=1S/C17H16ClN3O2/c1-11(20-21-12(2)22)14-4-3-5-16(10-14)19-17(23)13-6-8-15(18)9-7-13/h3-10H,1-2H3,(H,19,23)(H,21,22). The highest BCUT2D eigenvalue weighted by atomic mass is 35.5. The van der Waals surface area contributed by atoms with Gasteiger partial charge in [-0.05, 0) is 48.9 Å². The van der Waals surface area contributed by atoms with Crippen LogP contribution >= 0.6 is 11.6 Å². The Morgan fingerprint density at radius 3 is 2.35 bits per heavy atom. The van der Waals surface area contributed by atoms with Crippen molar-refractivity contribution in [3.8, 4) is 0 Å². The number of benzene rings is 2. The third kappa shape index (κ3) is 4.93. The highest BCUT2D eigenvalue weighted by molar-refractivity contribution is 6.30. The van der Waals surface area contributed by atoms with Crippen molar-refractivity contribution in [2.45, 2.75) is 13.8 Å². The molecule has 0 radical (unpaired) electrons. The van der Waals surface area contributed by atoms with E-state index in [1.54, 1.807) is 49.4 Å². The van der Waals surface area contributed by atoms with E-state index in [1.165, 1.54) is 6.92 Å². The molecular formula is C17H16ClN3O2. The summed E-state index contributed by atoms with van der Waals surface area (Å²) in [6.45, 7) is 3.16. The molecule has 0 unspecified atom stereocenters. The van der Waals surface area contributed by atoms with Gasteiger partial charge in [-0.3, -0.25) is 9.59 Å². The molecule has 0 atom stereocenters. The first-order valence-corrected chi connectivity index (χ1v) is 7.32. The van der Waals surface area contributed by atoms with Crippen LogP contribution < -0.4 is 10.7 Å². The Labute approximate surface area is 139 Å². The Hall–Kier alpha value is -2.66. The van der Waals surface area contributed by atoms with Crippen molar-refractivity contribution in [2.24, 2.45) is 5.10 Å². The van der Waals surface area contributed by atoms with E-state index in [2.05, 4.69) is 15.8 Å². The summed E-state index contributed by atoms with van der Waals surface area (Å²) < 4.78 is 0.